The van der Waals surface area contributed by atoms with Gasteiger partial charge in [-0.05, 0) is 35.3 Å². The molecule has 1 radical (unpaired) electrons. The van der Waals surface area contributed by atoms with Gasteiger partial charge < -0.3 is 4.90 Å². The lowest BCUT2D eigenvalue weighted by molar-refractivity contribution is 0.513. The molecule has 21 heavy (non-hydrogen) atoms. The summed E-state index contributed by atoms with van der Waals surface area (Å²) in [5, 5.41) is 2.28. The second kappa shape index (κ2) is 5.61. The second-order valence-corrected chi connectivity index (χ2v) is 6.44. The maximum Gasteiger partial charge on any atom is 0.110 e. The topological polar surface area (TPSA) is 3.24 Å². The first-order valence-corrected chi connectivity index (χ1v) is 8.45. The number of thioether (sulfide) groups is 1. The van der Waals surface area contributed by atoms with E-state index in [4.69, 9.17) is 0 Å². The Labute approximate surface area is 130 Å². The maximum atomic E-state index is 2.38. The highest BCUT2D eigenvalue weighted by Crippen LogP contribution is 2.45. The molecule has 0 atom stereocenters. The van der Waals surface area contributed by atoms with Crippen LogP contribution in [0.15, 0.2) is 60.0 Å². The van der Waals surface area contributed by atoms with Gasteiger partial charge in [-0.1, -0.05) is 54.6 Å². The predicted octanol–water partition coefficient (Wildman–Crippen LogP) is 5.23. The van der Waals surface area contributed by atoms with Gasteiger partial charge in [0.25, 0.3) is 0 Å². The van der Waals surface area contributed by atoms with Crippen LogP contribution in [0.5, 0.6) is 0 Å². The summed E-state index contributed by atoms with van der Waals surface area (Å²) in [6.45, 7) is 0.943. The van der Waals surface area contributed by atoms with Crippen LogP contribution in [0.1, 0.15) is 35.4 Å². The standard InChI is InChI=1S/C19H18NS/c1-2-6-15(7-3-1)12-20-14-21-13-19(20)18-9-5-4-8-17(18)16-10-11-16/h1-9,13-14,16H,10-12H2. The van der Waals surface area contributed by atoms with Crippen molar-refractivity contribution in [2.24, 2.45) is 0 Å². The lowest BCUT2D eigenvalue weighted by Crippen LogP contribution is -2.15. The van der Waals surface area contributed by atoms with Gasteiger partial charge in [0.15, 0.2) is 0 Å². The third-order valence-corrected chi connectivity index (χ3v) is 4.86. The Hall–Kier alpha value is -1.67. The second-order valence-electron chi connectivity index (χ2n) is 5.72. The van der Waals surface area contributed by atoms with Crippen LogP contribution in [-0.4, -0.2) is 4.90 Å². The van der Waals surface area contributed by atoms with E-state index >= 15 is 0 Å². The van der Waals surface area contributed by atoms with Crippen molar-refractivity contribution in [3.63, 3.8) is 0 Å². The van der Waals surface area contributed by atoms with E-state index in [1.807, 2.05) is 0 Å². The molecule has 1 aliphatic heterocycles. The Morgan fingerprint density at radius 2 is 1.71 bits per heavy atom. The first-order valence-electron chi connectivity index (χ1n) is 7.50. The SMILES string of the molecule is [CH]1SC=C(c2ccccc2C2CC2)N1Cc1ccccc1. The van der Waals surface area contributed by atoms with Gasteiger partial charge in [0.2, 0.25) is 0 Å². The summed E-state index contributed by atoms with van der Waals surface area (Å²) in [6.07, 6.45) is 2.69. The molecule has 4 rings (SSSR count). The Morgan fingerprint density at radius 3 is 2.52 bits per heavy atom. The molecule has 0 amide bonds. The summed E-state index contributed by atoms with van der Waals surface area (Å²) < 4.78 is 0. The molecule has 0 saturated heterocycles. The van der Waals surface area contributed by atoms with Crippen LogP contribution in [0.25, 0.3) is 5.70 Å². The van der Waals surface area contributed by atoms with Crippen LogP contribution >= 0.6 is 11.8 Å². The highest BCUT2D eigenvalue weighted by Gasteiger charge is 2.28. The fourth-order valence-corrected chi connectivity index (χ4v) is 3.68. The van der Waals surface area contributed by atoms with Crippen molar-refractivity contribution < 1.29 is 0 Å². The van der Waals surface area contributed by atoms with Crippen LogP contribution in [-0.2, 0) is 6.54 Å². The molecule has 0 spiro atoms. The van der Waals surface area contributed by atoms with E-state index in [1.165, 1.54) is 35.2 Å². The molecule has 2 aromatic carbocycles. The number of rotatable bonds is 4. The normalized spacial score (nSPS) is 17.9. The summed E-state index contributed by atoms with van der Waals surface area (Å²) in [5.41, 5.74) is 5.65. The Bertz CT molecular complexity index is 658. The molecular formula is C19H18NS. The molecule has 1 saturated carbocycles. The predicted molar refractivity (Wildman–Crippen MR) is 90.3 cm³/mol. The first-order chi connectivity index (χ1) is 10.4. The summed E-state index contributed by atoms with van der Waals surface area (Å²) in [6, 6.07) is 19.6. The van der Waals surface area contributed by atoms with Crippen molar-refractivity contribution >= 4 is 17.5 Å². The Kier molecular flexibility index (Phi) is 3.48. The maximum absolute atomic E-state index is 2.38. The van der Waals surface area contributed by atoms with Crippen molar-refractivity contribution in [3.05, 3.63) is 82.6 Å². The smallest absolute Gasteiger partial charge is 0.110 e. The van der Waals surface area contributed by atoms with Crippen LogP contribution in [0, 0.1) is 5.88 Å². The first kappa shape index (κ1) is 13.0. The minimum absolute atomic E-state index is 0.784. The highest BCUT2D eigenvalue weighted by atomic mass is 32.2. The van der Waals surface area contributed by atoms with Gasteiger partial charge in [0, 0.05) is 12.1 Å². The Balaban J connectivity index is 1.62. The molecule has 105 valence electrons. The van der Waals surface area contributed by atoms with Crippen LogP contribution in [0.4, 0.5) is 0 Å². The molecule has 0 unspecified atom stereocenters. The van der Waals surface area contributed by atoms with Gasteiger partial charge in [0.1, 0.15) is 5.88 Å². The molecule has 2 aromatic rings. The summed E-state index contributed by atoms with van der Waals surface area (Å²) in [5.74, 6) is 3.01. The van der Waals surface area contributed by atoms with Crippen molar-refractivity contribution in [2.75, 3.05) is 0 Å². The molecule has 2 aliphatic rings. The van der Waals surface area contributed by atoms with Gasteiger partial charge >= 0.3 is 0 Å². The molecule has 2 heteroatoms. The third-order valence-electron chi connectivity index (χ3n) is 4.13. The number of benzene rings is 2. The fraction of sp³-hybridized carbons (Fsp3) is 0.211. The van der Waals surface area contributed by atoms with Gasteiger partial charge in [-0.2, -0.15) is 0 Å². The molecule has 1 nitrogen and oxygen atoms in total. The summed E-state index contributed by atoms with van der Waals surface area (Å²) in [7, 11) is 0. The van der Waals surface area contributed by atoms with Crippen molar-refractivity contribution in [2.45, 2.75) is 25.3 Å². The largest absolute Gasteiger partial charge is 0.351 e. The molecule has 1 heterocycles. The van der Waals surface area contributed by atoms with Gasteiger partial charge in [-0.25, -0.2) is 0 Å². The van der Waals surface area contributed by atoms with E-state index in [0.29, 0.717) is 0 Å². The van der Waals surface area contributed by atoms with E-state index in [1.54, 1.807) is 11.8 Å². The van der Waals surface area contributed by atoms with Crippen LogP contribution in [0.3, 0.4) is 0 Å². The molecule has 1 aliphatic carbocycles. The van der Waals surface area contributed by atoms with Crippen molar-refractivity contribution in [1.29, 1.82) is 0 Å². The van der Waals surface area contributed by atoms with Crippen LogP contribution in [0.2, 0.25) is 0 Å². The molecular weight excluding hydrogens is 274 g/mol. The fourth-order valence-electron chi connectivity index (χ4n) is 2.89. The Morgan fingerprint density at radius 1 is 0.952 bits per heavy atom. The molecule has 1 fully saturated rings. The van der Waals surface area contributed by atoms with Gasteiger partial charge in [0.05, 0.1) is 5.70 Å². The summed E-state index contributed by atoms with van der Waals surface area (Å²) in [4.78, 5) is 2.38. The van der Waals surface area contributed by atoms with Gasteiger partial charge in [-0.15, -0.1) is 11.8 Å². The molecule has 0 aromatic heterocycles. The van der Waals surface area contributed by atoms with E-state index in [9.17, 15) is 0 Å². The van der Waals surface area contributed by atoms with E-state index in [2.05, 4.69) is 70.8 Å². The van der Waals surface area contributed by atoms with E-state index in [0.717, 1.165) is 12.5 Å². The number of hydrogen-bond acceptors (Lipinski definition) is 2. The van der Waals surface area contributed by atoms with E-state index in [-0.39, 0.29) is 0 Å². The quantitative estimate of drug-likeness (QED) is 0.759. The van der Waals surface area contributed by atoms with Crippen molar-refractivity contribution in [1.82, 2.24) is 4.90 Å². The van der Waals surface area contributed by atoms with Crippen LogP contribution < -0.4 is 0 Å². The number of nitrogens with zero attached hydrogens (tertiary/aromatic N) is 1. The lowest BCUT2D eigenvalue weighted by atomic mass is 10.0. The average Bonchev–Trinajstić information content (AvgIpc) is 3.29. The monoisotopic (exact) mass is 292 g/mol. The minimum atomic E-state index is 0.784. The molecule has 0 bridgehead atoms. The zero-order valence-corrected chi connectivity index (χ0v) is 12.7. The zero-order chi connectivity index (χ0) is 14.1. The lowest BCUT2D eigenvalue weighted by Gasteiger charge is -2.23. The summed E-state index contributed by atoms with van der Waals surface area (Å²) >= 11 is 1.78. The average molecular weight is 292 g/mol. The highest BCUT2D eigenvalue weighted by molar-refractivity contribution is 8.04. The van der Waals surface area contributed by atoms with Gasteiger partial charge in [-0.3, -0.25) is 0 Å². The minimum Gasteiger partial charge on any atom is -0.351 e. The zero-order valence-electron chi connectivity index (χ0n) is 11.9. The number of hydrogen-bond donors (Lipinski definition) is 0. The van der Waals surface area contributed by atoms with Crippen molar-refractivity contribution in [3.8, 4) is 0 Å². The molecule has 0 N–H and O–H groups in total. The van der Waals surface area contributed by atoms with E-state index < -0.39 is 0 Å². The third kappa shape index (κ3) is 2.73.